The molecule has 1 aromatic carbocycles. The molecule has 5 heteroatoms. The topological polar surface area (TPSA) is 70.0 Å². The second-order valence-electron chi connectivity index (χ2n) is 3.22. The fourth-order valence-electron chi connectivity index (χ4n) is 1.10. The number of aryl methyl sites for hydroxylation is 1. The maximum absolute atomic E-state index is 11.4. The number of rotatable bonds is 4. The number of hydrogen-bond acceptors (Lipinski definition) is 3. The van der Waals surface area contributed by atoms with Gasteiger partial charge in [0.25, 0.3) is 0 Å². The van der Waals surface area contributed by atoms with Gasteiger partial charge in [-0.2, -0.15) is 5.26 Å². The van der Waals surface area contributed by atoms with Gasteiger partial charge in [0.1, 0.15) is 0 Å². The van der Waals surface area contributed by atoms with Crippen molar-refractivity contribution in [3.05, 3.63) is 35.4 Å². The lowest BCUT2D eigenvalue weighted by molar-refractivity contribution is 0.585. The van der Waals surface area contributed by atoms with Crippen LogP contribution < -0.4 is 4.72 Å². The molecule has 0 atom stereocenters. The normalized spacial score (nSPS) is 10.9. The summed E-state index contributed by atoms with van der Waals surface area (Å²) >= 11 is 0. The molecule has 0 fully saturated rings. The summed E-state index contributed by atoms with van der Waals surface area (Å²) < 4.78 is 24.9. The molecule has 0 radical (unpaired) electrons. The van der Waals surface area contributed by atoms with Gasteiger partial charge < -0.3 is 0 Å². The van der Waals surface area contributed by atoms with E-state index in [4.69, 9.17) is 5.26 Å². The zero-order valence-corrected chi connectivity index (χ0v) is 9.21. The number of sulfonamides is 1. The van der Waals surface area contributed by atoms with Gasteiger partial charge in [-0.15, -0.1) is 0 Å². The summed E-state index contributed by atoms with van der Waals surface area (Å²) in [6.07, 6.45) is 0. The molecule has 0 aromatic heterocycles. The SMILES string of the molecule is Cc1ccc(CS(=O)(=O)NCC#N)cc1. The first-order chi connectivity index (χ1) is 7.03. The van der Waals surface area contributed by atoms with Crippen LogP contribution in [0.3, 0.4) is 0 Å². The lowest BCUT2D eigenvalue weighted by atomic mass is 10.2. The molecule has 0 saturated carbocycles. The van der Waals surface area contributed by atoms with Crippen LogP contribution in [-0.4, -0.2) is 15.0 Å². The molecule has 0 amide bonds. The smallest absolute Gasteiger partial charge is 0.212 e. The van der Waals surface area contributed by atoms with Crippen LogP contribution in [0, 0.1) is 18.3 Å². The molecule has 0 heterocycles. The third-order valence-corrected chi connectivity index (χ3v) is 3.15. The molecule has 1 aromatic rings. The molecule has 0 unspecified atom stereocenters. The van der Waals surface area contributed by atoms with Gasteiger partial charge in [-0.25, -0.2) is 13.1 Å². The van der Waals surface area contributed by atoms with Crippen molar-refractivity contribution in [3.8, 4) is 6.07 Å². The molecule has 1 rings (SSSR count). The highest BCUT2D eigenvalue weighted by atomic mass is 32.2. The molecule has 0 spiro atoms. The van der Waals surface area contributed by atoms with E-state index >= 15 is 0 Å². The van der Waals surface area contributed by atoms with E-state index in [1.807, 2.05) is 19.1 Å². The van der Waals surface area contributed by atoms with Gasteiger partial charge in [-0.1, -0.05) is 29.8 Å². The lowest BCUT2D eigenvalue weighted by Crippen LogP contribution is -2.25. The molecule has 1 N–H and O–H groups in total. The quantitative estimate of drug-likeness (QED) is 0.774. The molecule has 0 bridgehead atoms. The first-order valence-electron chi connectivity index (χ1n) is 4.43. The molecule has 4 nitrogen and oxygen atoms in total. The van der Waals surface area contributed by atoms with Gasteiger partial charge in [0.05, 0.1) is 18.4 Å². The van der Waals surface area contributed by atoms with Gasteiger partial charge in [0, 0.05) is 0 Å². The predicted molar refractivity (Wildman–Crippen MR) is 57.4 cm³/mol. The van der Waals surface area contributed by atoms with Crippen LogP contribution in [0.5, 0.6) is 0 Å². The third kappa shape index (κ3) is 4.11. The monoisotopic (exact) mass is 224 g/mol. The Balaban J connectivity index is 2.70. The molecular formula is C10H12N2O2S. The fraction of sp³-hybridized carbons (Fsp3) is 0.300. The average molecular weight is 224 g/mol. The van der Waals surface area contributed by atoms with E-state index in [2.05, 4.69) is 4.72 Å². The van der Waals surface area contributed by atoms with Crippen molar-refractivity contribution >= 4 is 10.0 Å². The van der Waals surface area contributed by atoms with E-state index in [1.54, 1.807) is 18.2 Å². The van der Waals surface area contributed by atoms with Gasteiger partial charge >= 0.3 is 0 Å². The third-order valence-electron chi connectivity index (χ3n) is 1.85. The molecule has 0 aliphatic rings. The van der Waals surface area contributed by atoms with Crippen molar-refractivity contribution in [3.63, 3.8) is 0 Å². The van der Waals surface area contributed by atoms with Crippen molar-refractivity contribution in [2.45, 2.75) is 12.7 Å². The zero-order valence-electron chi connectivity index (χ0n) is 8.40. The minimum atomic E-state index is -3.38. The van der Waals surface area contributed by atoms with Crippen LogP contribution in [0.4, 0.5) is 0 Å². The molecule has 0 aliphatic carbocycles. The molecule has 0 aliphatic heterocycles. The molecule has 80 valence electrons. The van der Waals surface area contributed by atoms with E-state index in [9.17, 15) is 8.42 Å². The average Bonchev–Trinajstić information content (AvgIpc) is 2.18. The second-order valence-corrected chi connectivity index (χ2v) is 5.03. The van der Waals surface area contributed by atoms with E-state index in [1.165, 1.54) is 0 Å². The van der Waals surface area contributed by atoms with Crippen molar-refractivity contribution < 1.29 is 8.42 Å². The first-order valence-corrected chi connectivity index (χ1v) is 6.08. The van der Waals surface area contributed by atoms with E-state index in [0.29, 0.717) is 5.56 Å². The Morgan fingerprint density at radius 1 is 1.33 bits per heavy atom. The minimum Gasteiger partial charge on any atom is -0.212 e. The van der Waals surface area contributed by atoms with E-state index < -0.39 is 10.0 Å². The maximum Gasteiger partial charge on any atom is 0.216 e. The molecule has 15 heavy (non-hydrogen) atoms. The standard InChI is InChI=1S/C10H12N2O2S/c1-9-2-4-10(5-3-9)8-15(13,14)12-7-6-11/h2-5,12H,7-8H2,1H3. The van der Waals surface area contributed by atoms with Crippen molar-refractivity contribution in [1.82, 2.24) is 4.72 Å². The van der Waals surface area contributed by atoms with Crippen LogP contribution in [-0.2, 0) is 15.8 Å². The summed E-state index contributed by atoms with van der Waals surface area (Å²) in [5, 5.41) is 8.26. The van der Waals surface area contributed by atoms with Crippen molar-refractivity contribution in [1.29, 1.82) is 5.26 Å². The molecular weight excluding hydrogens is 212 g/mol. The van der Waals surface area contributed by atoms with Gasteiger partial charge in [0.2, 0.25) is 10.0 Å². The Kier molecular flexibility index (Phi) is 3.83. The largest absolute Gasteiger partial charge is 0.216 e. The van der Waals surface area contributed by atoms with Crippen LogP contribution in [0.15, 0.2) is 24.3 Å². The summed E-state index contributed by atoms with van der Waals surface area (Å²) in [5.74, 6) is -0.0883. The zero-order chi connectivity index (χ0) is 11.3. The van der Waals surface area contributed by atoms with E-state index in [-0.39, 0.29) is 12.3 Å². The number of nitrogens with one attached hydrogen (secondary N) is 1. The van der Waals surface area contributed by atoms with Crippen molar-refractivity contribution in [2.24, 2.45) is 0 Å². The Morgan fingerprint density at radius 2 is 1.93 bits per heavy atom. The fourth-order valence-corrected chi connectivity index (χ4v) is 2.11. The lowest BCUT2D eigenvalue weighted by Gasteiger charge is -2.03. The Hall–Kier alpha value is -1.38. The van der Waals surface area contributed by atoms with Crippen LogP contribution >= 0.6 is 0 Å². The first kappa shape index (κ1) is 11.7. The summed E-state index contributed by atoms with van der Waals surface area (Å²) in [7, 11) is -3.38. The minimum absolute atomic E-state index is 0.0883. The number of nitriles is 1. The Morgan fingerprint density at radius 3 is 2.47 bits per heavy atom. The van der Waals surface area contributed by atoms with E-state index in [0.717, 1.165) is 5.56 Å². The maximum atomic E-state index is 11.4. The highest BCUT2D eigenvalue weighted by Crippen LogP contribution is 2.06. The Bertz CT molecular complexity index is 457. The van der Waals surface area contributed by atoms with Crippen LogP contribution in [0.2, 0.25) is 0 Å². The summed E-state index contributed by atoms with van der Waals surface area (Å²) in [6, 6.07) is 8.97. The highest BCUT2D eigenvalue weighted by molar-refractivity contribution is 7.88. The Labute approximate surface area is 89.6 Å². The summed E-state index contributed by atoms with van der Waals surface area (Å²) in [5.41, 5.74) is 1.80. The predicted octanol–water partition coefficient (Wildman–Crippen LogP) is 0.938. The van der Waals surface area contributed by atoms with Gasteiger partial charge in [0.15, 0.2) is 0 Å². The second kappa shape index (κ2) is 4.91. The van der Waals surface area contributed by atoms with Crippen LogP contribution in [0.25, 0.3) is 0 Å². The van der Waals surface area contributed by atoms with Crippen molar-refractivity contribution in [2.75, 3.05) is 6.54 Å². The summed E-state index contributed by atoms with van der Waals surface area (Å²) in [6.45, 7) is 1.75. The number of nitrogens with zero attached hydrogens (tertiary/aromatic N) is 1. The number of hydrogen-bond donors (Lipinski definition) is 1. The van der Waals surface area contributed by atoms with Gasteiger partial charge in [-0.3, -0.25) is 0 Å². The molecule has 0 saturated heterocycles. The highest BCUT2D eigenvalue weighted by Gasteiger charge is 2.09. The number of benzene rings is 1. The van der Waals surface area contributed by atoms with Gasteiger partial charge in [-0.05, 0) is 12.5 Å². The summed E-state index contributed by atoms with van der Waals surface area (Å²) in [4.78, 5) is 0. The van der Waals surface area contributed by atoms with Crippen LogP contribution in [0.1, 0.15) is 11.1 Å².